The Kier molecular flexibility index (Phi) is 7.28. The molecule has 178 valence electrons. The Morgan fingerprint density at radius 2 is 1.82 bits per heavy atom. The van der Waals surface area contributed by atoms with Crippen LogP contribution in [0.3, 0.4) is 0 Å². The van der Waals surface area contributed by atoms with Crippen LogP contribution in [-0.4, -0.2) is 50.3 Å². The van der Waals surface area contributed by atoms with Gasteiger partial charge in [-0.1, -0.05) is 31.7 Å². The quantitative estimate of drug-likeness (QED) is 0.481. The van der Waals surface area contributed by atoms with Gasteiger partial charge in [0.2, 0.25) is 15.9 Å². The van der Waals surface area contributed by atoms with E-state index in [1.54, 1.807) is 6.92 Å². The Bertz CT molecular complexity index is 1170. The Balaban J connectivity index is 2.02. The summed E-state index contributed by atoms with van der Waals surface area (Å²) in [6.45, 7) is 4.99. The van der Waals surface area contributed by atoms with Crippen molar-refractivity contribution in [1.29, 1.82) is 0 Å². The van der Waals surface area contributed by atoms with Gasteiger partial charge < -0.3 is 4.90 Å². The smallest absolute Gasteiger partial charge is 0.249 e. The Labute approximate surface area is 190 Å². The molecule has 1 saturated heterocycles. The molecule has 1 N–H and O–H groups in total. The summed E-state index contributed by atoms with van der Waals surface area (Å²) in [5.74, 6) is -3.10. The predicted molar refractivity (Wildman–Crippen MR) is 117 cm³/mol. The summed E-state index contributed by atoms with van der Waals surface area (Å²) in [5.41, 5.74) is 0.136. The summed E-state index contributed by atoms with van der Waals surface area (Å²) < 4.78 is 83.4. The molecule has 0 saturated carbocycles. The van der Waals surface area contributed by atoms with Crippen LogP contribution in [0, 0.1) is 17.5 Å². The van der Waals surface area contributed by atoms with Crippen molar-refractivity contribution in [2.75, 3.05) is 12.8 Å². The van der Waals surface area contributed by atoms with E-state index in [1.807, 2.05) is 0 Å². The monoisotopic (exact) mass is 484 g/mol. The highest BCUT2D eigenvalue weighted by molar-refractivity contribution is 7.88. The topological polar surface area (TPSA) is 66.5 Å². The van der Waals surface area contributed by atoms with Crippen molar-refractivity contribution in [2.24, 2.45) is 0 Å². The van der Waals surface area contributed by atoms with Gasteiger partial charge in [-0.3, -0.25) is 4.79 Å². The molecule has 0 unspecified atom stereocenters. The normalized spacial score (nSPS) is 20.8. The van der Waals surface area contributed by atoms with E-state index in [1.165, 1.54) is 18.2 Å². The zero-order valence-electron chi connectivity index (χ0n) is 18.1. The third-order valence-corrected chi connectivity index (χ3v) is 6.30. The van der Waals surface area contributed by atoms with Gasteiger partial charge in [0.1, 0.15) is 23.6 Å². The van der Waals surface area contributed by atoms with Crippen molar-refractivity contribution < 1.29 is 30.8 Å². The van der Waals surface area contributed by atoms with Gasteiger partial charge in [-0.05, 0) is 36.1 Å². The third kappa shape index (κ3) is 5.62. The fraction of sp³-hybridized carbons (Fsp3) is 0.348. The number of hydrogen-bond acceptors (Lipinski definition) is 3. The van der Waals surface area contributed by atoms with E-state index in [9.17, 15) is 26.4 Å². The highest BCUT2D eigenvalue weighted by atomic mass is 32.2. The molecule has 5 nitrogen and oxygen atoms in total. The molecule has 1 aliphatic heterocycles. The van der Waals surface area contributed by atoms with E-state index in [0.717, 1.165) is 23.3 Å². The lowest BCUT2D eigenvalue weighted by Gasteiger charge is -2.29. The van der Waals surface area contributed by atoms with Crippen LogP contribution in [-0.2, 0) is 21.2 Å². The van der Waals surface area contributed by atoms with Crippen LogP contribution >= 0.6 is 0 Å². The number of hydrogen-bond donors (Lipinski definition) is 1. The number of halogens is 4. The Morgan fingerprint density at radius 3 is 2.39 bits per heavy atom. The van der Waals surface area contributed by atoms with Crippen LogP contribution in [0.4, 0.5) is 17.6 Å². The maximum absolute atomic E-state index is 15.4. The average Bonchev–Trinajstić information content (AvgIpc) is 3.01. The van der Waals surface area contributed by atoms with E-state index in [4.69, 9.17) is 0 Å². The molecule has 0 aromatic heterocycles. The minimum absolute atomic E-state index is 0.0280. The lowest BCUT2D eigenvalue weighted by atomic mass is 9.95. The van der Waals surface area contributed by atoms with E-state index in [0.29, 0.717) is 12.5 Å². The molecular weight excluding hydrogens is 460 g/mol. The second-order valence-electron chi connectivity index (χ2n) is 8.05. The van der Waals surface area contributed by atoms with Crippen molar-refractivity contribution in [2.45, 2.75) is 38.0 Å². The highest BCUT2D eigenvalue weighted by Crippen LogP contribution is 2.31. The van der Waals surface area contributed by atoms with Crippen molar-refractivity contribution in [1.82, 2.24) is 9.62 Å². The van der Waals surface area contributed by atoms with Crippen molar-refractivity contribution in [3.05, 3.63) is 71.6 Å². The Hall–Kier alpha value is -2.72. The van der Waals surface area contributed by atoms with Gasteiger partial charge in [0, 0.05) is 17.2 Å². The minimum Gasteiger partial charge on any atom is -0.331 e. The maximum atomic E-state index is 15.4. The fourth-order valence-electron chi connectivity index (χ4n) is 3.99. The predicted octanol–water partition coefficient (Wildman–Crippen LogP) is 3.75. The lowest BCUT2D eigenvalue weighted by molar-refractivity contribution is -0.128. The first-order chi connectivity index (χ1) is 15.4. The molecule has 3 rings (SSSR count). The summed E-state index contributed by atoms with van der Waals surface area (Å²) in [4.78, 5) is 13.9. The first-order valence-corrected chi connectivity index (χ1v) is 12.1. The standard InChI is InChI=1S/C23H24F4N2O3S/c1-4-13(2)23(30)29-12-19(26)22(28-33(3,31)32)20(29)10-14-6-5-7-18(21(14)27)15-8-16(24)11-17(25)9-15/h5-9,11,19-20,22,28H,2,4,10,12H2,1,3H3/t19-,20-,22-/m0/s1. The van der Waals surface area contributed by atoms with Crippen LogP contribution in [0.2, 0.25) is 0 Å². The number of nitrogens with one attached hydrogen (secondary N) is 1. The summed E-state index contributed by atoms with van der Waals surface area (Å²) >= 11 is 0. The number of alkyl halides is 1. The number of carbonyl (C=O) groups is 1. The highest BCUT2D eigenvalue weighted by Gasteiger charge is 2.46. The second kappa shape index (κ2) is 9.64. The molecule has 0 spiro atoms. The van der Waals surface area contributed by atoms with Crippen molar-refractivity contribution in [3.63, 3.8) is 0 Å². The first-order valence-electron chi connectivity index (χ1n) is 10.2. The molecule has 33 heavy (non-hydrogen) atoms. The third-order valence-electron chi connectivity index (χ3n) is 5.60. The molecule has 2 aromatic rings. The number of rotatable bonds is 7. The molecule has 0 aliphatic carbocycles. The van der Waals surface area contributed by atoms with E-state index in [-0.39, 0.29) is 35.2 Å². The lowest BCUT2D eigenvalue weighted by Crippen LogP contribution is -2.49. The number of benzene rings is 2. The summed E-state index contributed by atoms with van der Waals surface area (Å²) in [5, 5.41) is 0. The minimum atomic E-state index is -3.84. The molecule has 2 aromatic carbocycles. The molecule has 1 fully saturated rings. The molecule has 1 amide bonds. The van der Waals surface area contributed by atoms with Crippen LogP contribution in [0.25, 0.3) is 11.1 Å². The van der Waals surface area contributed by atoms with Crippen LogP contribution in [0.5, 0.6) is 0 Å². The number of carbonyl (C=O) groups excluding carboxylic acids is 1. The van der Waals surface area contributed by atoms with Crippen LogP contribution in [0.1, 0.15) is 18.9 Å². The van der Waals surface area contributed by atoms with Crippen molar-refractivity contribution >= 4 is 15.9 Å². The molecular formula is C23H24F4N2O3S. The van der Waals surface area contributed by atoms with Crippen molar-refractivity contribution in [3.8, 4) is 11.1 Å². The largest absolute Gasteiger partial charge is 0.331 e. The zero-order valence-corrected chi connectivity index (χ0v) is 18.9. The van der Waals surface area contributed by atoms with Gasteiger partial charge in [0.25, 0.3) is 0 Å². The zero-order chi connectivity index (χ0) is 24.5. The molecule has 1 aliphatic rings. The van der Waals surface area contributed by atoms with E-state index in [2.05, 4.69) is 11.3 Å². The van der Waals surface area contributed by atoms with Gasteiger partial charge >= 0.3 is 0 Å². The summed E-state index contributed by atoms with van der Waals surface area (Å²) in [6.07, 6.45) is -0.778. The molecule has 0 radical (unpaired) electrons. The van der Waals surface area contributed by atoms with Gasteiger partial charge in [-0.2, -0.15) is 0 Å². The maximum Gasteiger partial charge on any atom is 0.249 e. The van der Waals surface area contributed by atoms with Crippen LogP contribution < -0.4 is 4.72 Å². The second-order valence-corrected chi connectivity index (χ2v) is 9.83. The number of sulfonamides is 1. The SMILES string of the molecule is C=C(CC)C(=O)N1C[C@H](F)[C@H](NS(C)(=O)=O)[C@@H]1Cc1cccc(-c2cc(F)cc(F)c2)c1F. The van der Waals surface area contributed by atoms with E-state index < -0.39 is 51.6 Å². The van der Waals surface area contributed by atoms with Gasteiger partial charge in [-0.25, -0.2) is 30.7 Å². The van der Waals surface area contributed by atoms with E-state index >= 15 is 4.39 Å². The van der Waals surface area contributed by atoms with Crippen LogP contribution in [0.15, 0.2) is 48.6 Å². The molecule has 0 bridgehead atoms. The molecule has 10 heteroatoms. The molecule has 3 atom stereocenters. The van der Waals surface area contributed by atoms with Gasteiger partial charge in [-0.15, -0.1) is 0 Å². The first kappa shape index (κ1) is 24.9. The number of amides is 1. The number of nitrogens with zero attached hydrogens (tertiary/aromatic N) is 1. The summed E-state index contributed by atoms with van der Waals surface area (Å²) in [6, 6.07) is 4.48. The fourth-order valence-corrected chi connectivity index (χ4v) is 4.79. The van der Waals surface area contributed by atoms with Gasteiger partial charge in [0.15, 0.2) is 0 Å². The number of likely N-dealkylation sites (tertiary alicyclic amines) is 1. The Morgan fingerprint density at radius 1 is 1.18 bits per heavy atom. The summed E-state index contributed by atoms with van der Waals surface area (Å²) in [7, 11) is -3.84. The van der Waals surface area contributed by atoms with Gasteiger partial charge in [0.05, 0.1) is 24.9 Å². The average molecular weight is 485 g/mol. The molecule has 1 heterocycles.